The molecule has 0 saturated carbocycles. The van der Waals surface area contributed by atoms with Gasteiger partial charge < -0.3 is 9.84 Å². The lowest BCUT2D eigenvalue weighted by Crippen LogP contribution is -2.01. The van der Waals surface area contributed by atoms with Crippen LogP contribution in [-0.4, -0.2) is 23.3 Å². The van der Waals surface area contributed by atoms with Gasteiger partial charge in [0.2, 0.25) is 0 Å². The number of hydrogen-bond donors (Lipinski definition) is 1. The number of rotatable bonds is 4. The molecule has 0 aliphatic heterocycles. The van der Waals surface area contributed by atoms with E-state index in [4.69, 9.17) is 9.84 Å². The highest BCUT2D eigenvalue weighted by atomic mass is 16.5. The maximum atomic E-state index is 8.69. The summed E-state index contributed by atoms with van der Waals surface area (Å²) < 4.78 is 5.73. The maximum Gasteiger partial charge on any atom is 0.119 e. The van der Waals surface area contributed by atoms with Crippen molar-refractivity contribution in [1.82, 2.24) is 4.98 Å². The summed E-state index contributed by atoms with van der Waals surface area (Å²) >= 11 is 0. The Morgan fingerprint density at radius 1 is 1.20 bits per heavy atom. The molecule has 0 radical (unpaired) electrons. The van der Waals surface area contributed by atoms with E-state index in [0.29, 0.717) is 6.61 Å². The molecule has 1 aromatic heterocycles. The molecule has 20 heavy (non-hydrogen) atoms. The minimum Gasteiger partial charge on any atom is -0.493 e. The van der Waals surface area contributed by atoms with Crippen LogP contribution in [0.1, 0.15) is 16.7 Å². The molecule has 0 bridgehead atoms. The first-order valence-corrected chi connectivity index (χ1v) is 6.51. The van der Waals surface area contributed by atoms with Crippen LogP contribution >= 0.6 is 0 Å². The monoisotopic (exact) mass is 267 g/mol. The zero-order valence-electron chi connectivity index (χ0n) is 11.5. The van der Waals surface area contributed by atoms with Crippen LogP contribution in [0.25, 0.3) is 0 Å². The van der Waals surface area contributed by atoms with E-state index in [-0.39, 0.29) is 6.61 Å². The average molecular weight is 267 g/mol. The van der Waals surface area contributed by atoms with Crippen molar-refractivity contribution in [2.24, 2.45) is 0 Å². The summed E-state index contributed by atoms with van der Waals surface area (Å²) in [4.78, 5) is 3.99. The Hall–Kier alpha value is -2.31. The Balaban J connectivity index is 1.92. The van der Waals surface area contributed by atoms with Gasteiger partial charge in [0, 0.05) is 24.4 Å². The third-order valence-corrected chi connectivity index (χ3v) is 2.91. The number of aliphatic hydroxyl groups excluding tert-OH is 1. The van der Waals surface area contributed by atoms with Crippen LogP contribution < -0.4 is 4.74 Å². The molecule has 2 rings (SSSR count). The van der Waals surface area contributed by atoms with Crippen LogP contribution in [0.2, 0.25) is 0 Å². The van der Waals surface area contributed by atoms with E-state index in [0.717, 1.165) is 23.3 Å². The summed E-state index contributed by atoms with van der Waals surface area (Å²) in [5.41, 5.74) is 3.18. The number of benzene rings is 1. The van der Waals surface area contributed by atoms with Crippen molar-refractivity contribution in [3.8, 4) is 17.6 Å². The van der Waals surface area contributed by atoms with E-state index >= 15 is 0 Å². The molecule has 0 aliphatic rings. The van der Waals surface area contributed by atoms with Gasteiger partial charge in [-0.3, -0.25) is 4.98 Å². The Labute approximate surface area is 119 Å². The highest BCUT2D eigenvalue weighted by Gasteiger charge is 1.99. The molecule has 0 saturated heterocycles. The zero-order valence-corrected chi connectivity index (χ0v) is 11.5. The quantitative estimate of drug-likeness (QED) is 0.865. The predicted molar refractivity (Wildman–Crippen MR) is 78.6 cm³/mol. The summed E-state index contributed by atoms with van der Waals surface area (Å²) in [6.45, 7) is 2.49. The van der Waals surface area contributed by atoms with Gasteiger partial charge in [0.25, 0.3) is 0 Å². The third kappa shape index (κ3) is 4.11. The smallest absolute Gasteiger partial charge is 0.119 e. The lowest BCUT2D eigenvalue weighted by atomic mass is 10.1. The van der Waals surface area contributed by atoms with Crippen molar-refractivity contribution in [2.45, 2.75) is 13.3 Å². The summed E-state index contributed by atoms with van der Waals surface area (Å²) in [6.07, 6.45) is 4.43. The number of aryl methyl sites for hydroxylation is 1. The van der Waals surface area contributed by atoms with E-state index in [9.17, 15) is 0 Å². The van der Waals surface area contributed by atoms with Gasteiger partial charge in [0.15, 0.2) is 0 Å². The van der Waals surface area contributed by atoms with Crippen molar-refractivity contribution in [1.29, 1.82) is 0 Å². The second-order valence-electron chi connectivity index (χ2n) is 4.39. The first-order valence-electron chi connectivity index (χ1n) is 6.51. The molecule has 102 valence electrons. The number of hydrogen-bond acceptors (Lipinski definition) is 3. The molecule has 3 nitrogen and oxygen atoms in total. The molecule has 1 aromatic carbocycles. The van der Waals surface area contributed by atoms with Crippen LogP contribution in [0.3, 0.4) is 0 Å². The lowest BCUT2D eigenvalue weighted by Gasteiger charge is -2.08. The first-order chi connectivity index (χ1) is 9.79. The molecule has 2 aromatic rings. The molecule has 0 amide bonds. The normalized spacial score (nSPS) is 9.70. The standard InChI is InChI=1S/C17H17NO2/c1-14-13-17(5-4-16(14)3-2-11-19)20-12-8-15-6-9-18-10-7-15/h4-7,9-10,13,19H,8,11-12H2,1H3. The molecular weight excluding hydrogens is 250 g/mol. The average Bonchev–Trinajstić information content (AvgIpc) is 2.47. The van der Waals surface area contributed by atoms with Gasteiger partial charge in [-0.25, -0.2) is 0 Å². The van der Waals surface area contributed by atoms with Gasteiger partial charge in [0.1, 0.15) is 12.4 Å². The molecule has 1 N–H and O–H groups in total. The van der Waals surface area contributed by atoms with Crippen molar-refractivity contribution in [2.75, 3.05) is 13.2 Å². The van der Waals surface area contributed by atoms with Gasteiger partial charge in [-0.2, -0.15) is 0 Å². The van der Waals surface area contributed by atoms with Gasteiger partial charge >= 0.3 is 0 Å². The van der Waals surface area contributed by atoms with Crippen LogP contribution in [-0.2, 0) is 6.42 Å². The van der Waals surface area contributed by atoms with Crippen LogP contribution in [0.4, 0.5) is 0 Å². The second-order valence-corrected chi connectivity index (χ2v) is 4.39. The number of nitrogens with zero attached hydrogens (tertiary/aromatic N) is 1. The minimum atomic E-state index is -0.121. The fraction of sp³-hybridized carbons (Fsp3) is 0.235. The SMILES string of the molecule is Cc1cc(OCCc2ccncc2)ccc1C#CCO. The fourth-order valence-electron chi connectivity index (χ4n) is 1.84. The third-order valence-electron chi connectivity index (χ3n) is 2.91. The Bertz CT molecular complexity index is 612. The molecular formula is C17H17NO2. The van der Waals surface area contributed by atoms with Gasteiger partial charge in [-0.1, -0.05) is 11.8 Å². The van der Waals surface area contributed by atoms with Crippen molar-refractivity contribution < 1.29 is 9.84 Å². The topological polar surface area (TPSA) is 42.4 Å². The number of aliphatic hydroxyl groups is 1. The molecule has 0 aliphatic carbocycles. The van der Waals surface area contributed by atoms with Crippen LogP contribution in [0.15, 0.2) is 42.7 Å². The van der Waals surface area contributed by atoms with Crippen molar-refractivity contribution in [3.63, 3.8) is 0 Å². The van der Waals surface area contributed by atoms with E-state index in [1.165, 1.54) is 5.56 Å². The van der Waals surface area contributed by atoms with Crippen molar-refractivity contribution in [3.05, 3.63) is 59.4 Å². The molecule has 1 heterocycles. The fourth-order valence-corrected chi connectivity index (χ4v) is 1.84. The van der Waals surface area contributed by atoms with Gasteiger partial charge in [-0.15, -0.1) is 0 Å². The van der Waals surface area contributed by atoms with E-state index in [1.54, 1.807) is 12.4 Å². The minimum absolute atomic E-state index is 0.121. The Morgan fingerprint density at radius 3 is 2.70 bits per heavy atom. The maximum absolute atomic E-state index is 8.69. The number of ether oxygens (including phenoxy) is 1. The molecule has 3 heteroatoms. The van der Waals surface area contributed by atoms with Gasteiger partial charge in [-0.05, 0) is 48.4 Å². The van der Waals surface area contributed by atoms with Crippen LogP contribution in [0, 0.1) is 18.8 Å². The highest BCUT2D eigenvalue weighted by Crippen LogP contribution is 2.17. The Morgan fingerprint density at radius 2 is 2.00 bits per heavy atom. The van der Waals surface area contributed by atoms with Crippen LogP contribution in [0.5, 0.6) is 5.75 Å². The first kappa shape index (κ1) is 14.1. The summed E-state index contributed by atoms with van der Waals surface area (Å²) in [5.74, 6) is 6.40. The van der Waals surface area contributed by atoms with Gasteiger partial charge in [0.05, 0.1) is 6.61 Å². The largest absolute Gasteiger partial charge is 0.493 e. The molecule has 0 fully saturated rings. The second kappa shape index (κ2) is 7.32. The Kier molecular flexibility index (Phi) is 5.16. The molecule has 0 spiro atoms. The highest BCUT2D eigenvalue weighted by molar-refractivity contribution is 5.44. The summed E-state index contributed by atoms with van der Waals surface area (Å²) in [6, 6.07) is 9.76. The lowest BCUT2D eigenvalue weighted by molar-refractivity contribution is 0.321. The summed E-state index contributed by atoms with van der Waals surface area (Å²) in [5, 5.41) is 8.69. The molecule has 0 unspecified atom stereocenters. The number of aromatic nitrogens is 1. The predicted octanol–water partition coefficient (Wildman–Crippen LogP) is 2.36. The zero-order chi connectivity index (χ0) is 14.2. The van der Waals surface area contributed by atoms with E-state index < -0.39 is 0 Å². The molecule has 0 atom stereocenters. The van der Waals surface area contributed by atoms with E-state index in [1.807, 2.05) is 37.3 Å². The number of pyridine rings is 1. The van der Waals surface area contributed by atoms with Crippen molar-refractivity contribution >= 4 is 0 Å². The van der Waals surface area contributed by atoms with E-state index in [2.05, 4.69) is 16.8 Å². The summed E-state index contributed by atoms with van der Waals surface area (Å²) in [7, 11) is 0.